The molecule has 2 aliphatic heterocycles. The molecule has 400 valence electrons. The van der Waals surface area contributed by atoms with E-state index in [4.69, 9.17) is 47.4 Å². The van der Waals surface area contributed by atoms with Crippen LogP contribution in [0.5, 0.6) is 0 Å². The second kappa shape index (κ2) is 29.1. The largest absolute Gasteiger partial charge is 0.487 e. The maximum absolute atomic E-state index is 7.64. The first-order chi connectivity index (χ1) is 38.7. The molecule has 0 N–H and O–H groups in total. The first kappa shape index (κ1) is 54.3. The van der Waals surface area contributed by atoms with Gasteiger partial charge in [-0.25, -0.2) is 0 Å². The van der Waals surface area contributed by atoms with Gasteiger partial charge in [-0.3, -0.25) is 0 Å². The van der Waals surface area contributed by atoms with Crippen LogP contribution >= 0.6 is 0 Å². The molecule has 10 nitrogen and oxygen atoms in total. The first-order valence-corrected chi connectivity index (χ1v) is 26.9. The van der Waals surface area contributed by atoms with E-state index in [0.29, 0.717) is 19.0 Å². The minimum absolute atomic E-state index is 0.130. The summed E-state index contributed by atoms with van der Waals surface area (Å²) in [6, 6.07) is 80.9. The summed E-state index contributed by atoms with van der Waals surface area (Å²) in [6.45, 7) is 2.27. The van der Waals surface area contributed by atoms with Gasteiger partial charge in [0.15, 0.2) is 12.4 Å². The molecule has 8 aromatic rings. The molecule has 0 unspecified atom stereocenters. The van der Waals surface area contributed by atoms with Gasteiger partial charge in [0.1, 0.15) is 48.5 Å². The summed E-state index contributed by atoms with van der Waals surface area (Å²) in [5, 5.41) is 0. The zero-order valence-corrected chi connectivity index (χ0v) is 43.8. The highest BCUT2D eigenvalue weighted by Gasteiger charge is 2.54. The molecular weight excluding hydrogens is 977 g/mol. The van der Waals surface area contributed by atoms with E-state index in [2.05, 4.69) is 48.5 Å². The molecule has 0 radical (unpaired) electrons. The highest BCUT2D eigenvalue weighted by Crippen LogP contribution is 2.38. The zero-order chi connectivity index (χ0) is 52.8. The molecule has 2 heterocycles. The Bertz CT molecular complexity index is 2940. The topological polar surface area (TPSA) is 92.3 Å². The Hall–Kier alpha value is -7.06. The number of hydrogen-bond acceptors (Lipinski definition) is 10. The van der Waals surface area contributed by atoms with E-state index >= 15 is 0 Å². The number of benzene rings is 8. The highest BCUT2D eigenvalue weighted by atomic mass is 16.7. The van der Waals surface area contributed by atoms with Gasteiger partial charge in [0, 0.05) is 0 Å². The Kier molecular flexibility index (Phi) is 20.2. The number of ether oxygens (including phenoxy) is 10. The first-order valence-electron chi connectivity index (χ1n) is 26.9. The monoisotopic (exact) mass is 1040 g/mol. The van der Waals surface area contributed by atoms with E-state index in [1.165, 1.54) is 0 Å². The van der Waals surface area contributed by atoms with Crippen molar-refractivity contribution in [3.8, 4) is 0 Å². The van der Waals surface area contributed by atoms with Crippen molar-refractivity contribution in [2.75, 3.05) is 13.2 Å². The molecule has 0 amide bonds. The van der Waals surface area contributed by atoms with Gasteiger partial charge >= 0.3 is 0 Å². The maximum atomic E-state index is 7.64. The molecule has 2 aliphatic rings. The molecule has 2 fully saturated rings. The SMILES string of the molecule is C(=C1/O[C@H](COCc2ccccc2)[C@@H](O[C@@H]2O[C@H](COCc3ccccc3)[C@@H](OCc3ccccc3)[C@H](OCc3ccccc3)[C@H]2OCc2ccccc2)[C@H](OCc2ccccc2)[C@H]1OCc1ccccc1)/c1ccccc1. The van der Waals surface area contributed by atoms with E-state index in [1.54, 1.807) is 0 Å². The average Bonchev–Trinajstić information content (AvgIpc) is 3.65. The van der Waals surface area contributed by atoms with Crippen LogP contribution in [0.3, 0.4) is 0 Å². The Morgan fingerprint density at radius 3 is 1.06 bits per heavy atom. The van der Waals surface area contributed by atoms with Crippen LogP contribution < -0.4 is 0 Å². The fourth-order valence-electron chi connectivity index (χ4n) is 9.74. The van der Waals surface area contributed by atoms with Gasteiger partial charge in [0.25, 0.3) is 0 Å². The van der Waals surface area contributed by atoms with Gasteiger partial charge in [0.2, 0.25) is 0 Å². The van der Waals surface area contributed by atoms with E-state index in [0.717, 1.165) is 44.5 Å². The highest BCUT2D eigenvalue weighted by molar-refractivity contribution is 5.52. The van der Waals surface area contributed by atoms with Gasteiger partial charge in [0.05, 0.1) is 59.5 Å². The molecule has 78 heavy (non-hydrogen) atoms. The van der Waals surface area contributed by atoms with Crippen LogP contribution in [-0.2, 0) is 93.6 Å². The van der Waals surface area contributed by atoms with Crippen molar-refractivity contribution in [3.63, 3.8) is 0 Å². The van der Waals surface area contributed by atoms with Crippen molar-refractivity contribution in [1.29, 1.82) is 0 Å². The van der Waals surface area contributed by atoms with Crippen molar-refractivity contribution in [1.82, 2.24) is 0 Å². The van der Waals surface area contributed by atoms with Crippen molar-refractivity contribution < 1.29 is 47.4 Å². The van der Waals surface area contributed by atoms with Gasteiger partial charge in [-0.1, -0.05) is 243 Å². The smallest absolute Gasteiger partial charge is 0.187 e. The van der Waals surface area contributed by atoms with E-state index in [1.807, 2.05) is 200 Å². The molecule has 9 atom stereocenters. The minimum atomic E-state index is -1.10. The molecule has 0 aromatic heterocycles. The molecule has 0 aliphatic carbocycles. The fraction of sp³-hybridized carbons (Fsp3) is 0.265. The summed E-state index contributed by atoms with van der Waals surface area (Å²) in [5.74, 6) is 0.579. The molecular formula is C68H68O10. The quantitative estimate of drug-likeness (QED) is 0.0522. The molecule has 10 heteroatoms. The minimum Gasteiger partial charge on any atom is -0.487 e. The van der Waals surface area contributed by atoms with Crippen LogP contribution in [0.25, 0.3) is 6.08 Å². The molecule has 0 saturated carbocycles. The fourth-order valence-corrected chi connectivity index (χ4v) is 9.74. The number of hydrogen-bond donors (Lipinski definition) is 0. The summed E-state index contributed by atoms with van der Waals surface area (Å²) < 4.78 is 71.1. The third-order valence-corrected chi connectivity index (χ3v) is 13.7. The predicted octanol–water partition coefficient (Wildman–Crippen LogP) is 12.9. The van der Waals surface area contributed by atoms with Crippen molar-refractivity contribution in [2.24, 2.45) is 0 Å². The molecule has 2 saturated heterocycles. The predicted molar refractivity (Wildman–Crippen MR) is 300 cm³/mol. The number of rotatable bonds is 26. The third-order valence-electron chi connectivity index (χ3n) is 13.7. The second-order valence-electron chi connectivity index (χ2n) is 19.5. The lowest BCUT2D eigenvalue weighted by atomic mass is 9.94. The van der Waals surface area contributed by atoms with Crippen LogP contribution in [0.2, 0.25) is 0 Å². The van der Waals surface area contributed by atoms with Crippen LogP contribution in [0.4, 0.5) is 0 Å². The second-order valence-corrected chi connectivity index (χ2v) is 19.5. The Balaban J connectivity index is 1.07. The van der Waals surface area contributed by atoms with Crippen LogP contribution in [0.15, 0.2) is 248 Å². The van der Waals surface area contributed by atoms with Crippen molar-refractivity contribution >= 4 is 6.08 Å². The third kappa shape index (κ3) is 15.8. The van der Waals surface area contributed by atoms with Crippen LogP contribution in [0, 0.1) is 0 Å². The Morgan fingerprint density at radius 1 is 0.308 bits per heavy atom. The summed E-state index contributed by atoms with van der Waals surface area (Å²) in [7, 11) is 0. The normalized spacial score (nSPS) is 22.7. The summed E-state index contributed by atoms with van der Waals surface area (Å²) in [5.41, 5.74) is 7.92. The molecule has 0 spiro atoms. The average molecular weight is 1050 g/mol. The lowest BCUT2D eigenvalue weighted by molar-refractivity contribution is -0.354. The Morgan fingerprint density at radius 2 is 0.641 bits per heavy atom. The standard InChI is InChI=1S/C68H68O10/c1-9-25-51(26-10-1)41-59-62(71-44-54-31-15-4-16-32-54)65(73-46-56-35-19-6-20-36-56)64(61(76-59)50-70-43-53-29-13-3-14-30-53)78-68-67(75-48-58-39-23-8-24-40-58)66(74-47-57-37-21-7-22-38-57)63(72-45-55-33-17-5-18-34-55)60(77-68)49-69-42-52-27-11-2-12-28-52/h1-41,60-68H,42-50H2/b59-41-/t60-,61-,62+,63-,64-,65-,66+,67-,68+/m1/s1. The summed E-state index contributed by atoms with van der Waals surface area (Å²) in [4.78, 5) is 0. The zero-order valence-electron chi connectivity index (χ0n) is 43.8. The maximum Gasteiger partial charge on any atom is 0.187 e. The molecule has 8 aromatic carbocycles. The van der Waals surface area contributed by atoms with Gasteiger partial charge in [-0.2, -0.15) is 0 Å². The van der Waals surface area contributed by atoms with Crippen LogP contribution in [-0.4, -0.2) is 68.3 Å². The molecule has 0 bridgehead atoms. The lowest BCUT2D eigenvalue weighted by Gasteiger charge is -2.49. The van der Waals surface area contributed by atoms with E-state index < -0.39 is 55.1 Å². The Labute approximate surface area is 459 Å². The molecule has 10 rings (SSSR count). The van der Waals surface area contributed by atoms with Gasteiger partial charge in [-0.05, 0) is 50.6 Å². The van der Waals surface area contributed by atoms with E-state index in [9.17, 15) is 0 Å². The van der Waals surface area contributed by atoms with E-state index in [-0.39, 0.29) is 46.2 Å². The van der Waals surface area contributed by atoms with Gasteiger partial charge < -0.3 is 47.4 Å². The summed E-state index contributed by atoms with van der Waals surface area (Å²) in [6.07, 6.45) is -5.27. The van der Waals surface area contributed by atoms with Crippen LogP contribution in [0.1, 0.15) is 44.5 Å². The van der Waals surface area contributed by atoms with Crippen molar-refractivity contribution in [2.45, 2.75) is 101 Å². The summed E-state index contributed by atoms with van der Waals surface area (Å²) >= 11 is 0. The lowest BCUT2D eigenvalue weighted by Crippen LogP contribution is -2.64. The van der Waals surface area contributed by atoms with Crippen molar-refractivity contribution in [3.05, 3.63) is 293 Å². The van der Waals surface area contributed by atoms with Gasteiger partial charge in [-0.15, -0.1) is 0 Å².